The molecule has 0 bridgehead atoms. The number of rotatable bonds is 5. The molecule has 28 heavy (non-hydrogen) atoms. The molecule has 144 valence electrons. The summed E-state index contributed by atoms with van der Waals surface area (Å²) in [4.78, 5) is 20.9. The van der Waals surface area contributed by atoms with Crippen molar-refractivity contribution >= 4 is 28.2 Å². The number of nitrogens with one attached hydrogen (secondary N) is 1. The van der Waals surface area contributed by atoms with Gasteiger partial charge in [0, 0.05) is 37.8 Å². The second-order valence-electron chi connectivity index (χ2n) is 6.86. The number of amides is 1. The molecule has 2 heterocycles. The van der Waals surface area contributed by atoms with Gasteiger partial charge in [-0.15, -0.1) is 0 Å². The fourth-order valence-electron chi connectivity index (χ4n) is 3.68. The maximum atomic E-state index is 12.3. The lowest BCUT2D eigenvalue weighted by atomic mass is 10.1. The number of aromatic nitrogens is 1. The van der Waals surface area contributed by atoms with Gasteiger partial charge in [0.2, 0.25) is 5.91 Å². The number of benzene rings is 2. The fourth-order valence-corrected chi connectivity index (χ4v) is 3.68. The van der Waals surface area contributed by atoms with Crippen LogP contribution in [0.25, 0.3) is 10.8 Å². The number of anilines is 2. The molecule has 0 saturated carbocycles. The quantitative estimate of drug-likeness (QED) is 0.742. The highest BCUT2D eigenvalue weighted by atomic mass is 16.5. The van der Waals surface area contributed by atoms with E-state index < -0.39 is 0 Å². The monoisotopic (exact) mass is 376 g/mol. The van der Waals surface area contributed by atoms with Gasteiger partial charge >= 0.3 is 0 Å². The van der Waals surface area contributed by atoms with E-state index >= 15 is 0 Å². The third-order valence-electron chi connectivity index (χ3n) is 5.07. The van der Waals surface area contributed by atoms with Gasteiger partial charge in [-0.2, -0.15) is 0 Å². The Labute approximate surface area is 164 Å². The maximum Gasteiger partial charge on any atom is 0.239 e. The van der Waals surface area contributed by atoms with Crippen LogP contribution in [0.5, 0.6) is 5.75 Å². The highest BCUT2D eigenvalue weighted by molar-refractivity contribution is 5.97. The van der Waals surface area contributed by atoms with Crippen LogP contribution >= 0.6 is 0 Å². The van der Waals surface area contributed by atoms with E-state index in [1.165, 1.54) is 10.8 Å². The van der Waals surface area contributed by atoms with Crippen molar-refractivity contribution in [3.63, 3.8) is 0 Å². The van der Waals surface area contributed by atoms with Crippen molar-refractivity contribution in [2.24, 2.45) is 0 Å². The van der Waals surface area contributed by atoms with Crippen LogP contribution in [-0.4, -0.2) is 55.6 Å². The Kier molecular flexibility index (Phi) is 5.39. The van der Waals surface area contributed by atoms with E-state index in [4.69, 9.17) is 4.74 Å². The number of fused-ring (bicyclic) bond motifs is 1. The third-order valence-corrected chi connectivity index (χ3v) is 5.07. The van der Waals surface area contributed by atoms with Gasteiger partial charge in [0.15, 0.2) is 0 Å². The minimum absolute atomic E-state index is 0.0325. The normalized spacial score (nSPS) is 14.8. The van der Waals surface area contributed by atoms with E-state index in [0.29, 0.717) is 12.4 Å². The third kappa shape index (κ3) is 3.92. The summed E-state index contributed by atoms with van der Waals surface area (Å²) >= 11 is 0. The summed E-state index contributed by atoms with van der Waals surface area (Å²) in [5.74, 6) is 1.45. The number of carbonyl (C=O) groups excluding carboxylic acids is 1. The average Bonchev–Trinajstić information content (AvgIpc) is 2.74. The molecule has 0 spiro atoms. The van der Waals surface area contributed by atoms with E-state index in [-0.39, 0.29) is 5.91 Å². The number of hydrogen-bond acceptors (Lipinski definition) is 5. The molecule has 0 aliphatic carbocycles. The molecule has 0 radical (unpaired) electrons. The van der Waals surface area contributed by atoms with E-state index in [9.17, 15) is 4.79 Å². The Morgan fingerprint density at radius 2 is 1.82 bits per heavy atom. The van der Waals surface area contributed by atoms with Gasteiger partial charge in [0.1, 0.15) is 11.6 Å². The smallest absolute Gasteiger partial charge is 0.239 e. The van der Waals surface area contributed by atoms with Crippen molar-refractivity contribution in [2.75, 3.05) is 50.1 Å². The van der Waals surface area contributed by atoms with Crippen molar-refractivity contribution in [1.82, 2.24) is 9.88 Å². The highest BCUT2D eigenvalue weighted by Crippen LogP contribution is 2.36. The summed E-state index contributed by atoms with van der Waals surface area (Å²) in [5, 5.41) is 5.25. The molecule has 1 fully saturated rings. The summed E-state index contributed by atoms with van der Waals surface area (Å²) in [5.41, 5.74) is 1.14. The molecule has 6 heteroatoms. The number of piperazine rings is 1. The van der Waals surface area contributed by atoms with E-state index in [1.54, 1.807) is 19.4 Å². The molecular formula is C22H24N4O2. The first-order valence-electron chi connectivity index (χ1n) is 9.48. The number of ether oxygens (including phenoxy) is 1. The predicted octanol–water partition coefficient (Wildman–Crippen LogP) is 3.00. The number of pyridine rings is 1. The van der Waals surface area contributed by atoms with E-state index in [1.807, 2.05) is 18.2 Å². The molecule has 6 nitrogen and oxygen atoms in total. The van der Waals surface area contributed by atoms with Crippen molar-refractivity contribution in [2.45, 2.75) is 0 Å². The number of methoxy groups -OCH3 is 1. The Balaban J connectivity index is 1.42. The van der Waals surface area contributed by atoms with Crippen molar-refractivity contribution < 1.29 is 9.53 Å². The summed E-state index contributed by atoms with van der Waals surface area (Å²) < 4.78 is 5.64. The summed E-state index contributed by atoms with van der Waals surface area (Å²) in [6.07, 6.45) is 1.67. The van der Waals surface area contributed by atoms with Gasteiger partial charge in [0.25, 0.3) is 0 Å². The Hall–Kier alpha value is -3.12. The lowest BCUT2D eigenvalue weighted by Crippen LogP contribution is -2.48. The molecule has 0 atom stereocenters. The zero-order valence-electron chi connectivity index (χ0n) is 16.0. The van der Waals surface area contributed by atoms with E-state index in [0.717, 1.165) is 37.6 Å². The van der Waals surface area contributed by atoms with Gasteiger partial charge in [-0.3, -0.25) is 9.69 Å². The molecular weight excluding hydrogens is 352 g/mol. The lowest BCUT2D eigenvalue weighted by Gasteiger charge is -2.36. The first kappa shape index (κ1) is 18.3. The second kappa shape index (κ2) is 8.27. The van der Waals surface area contributed by atoms with Gasteiger partial charge in [-0.05, 0) is 23.6 Å². The van der Waals surface area contributed by atoms with Crippen LogP contribution in [0.2, 0.25) is 0 Å². The van der Waals surface area contributed by atoms with Crippen molar-refractivity contribution in [3.05, 3.63) is 60.8 Å². The number of hydrogen-bond donors (Lipinski definition) is 1. The molecule has 1 saturated heterocycles. The van der Waals surface area contributed by atoms with Crippen molar-refractivity contribution in [1.29, 1.82) is 0 Å². The van der Waals surface area contributed by atoms with Crippen molar-refractivity contribution in [3.8, 4) is 5.75 Å². The van der Waals surface area contributed by atoms with Crippen LogP contribution in [0.1, 0.15) is 0 Å². The number of carbonyl (C=O) groups is 1. The molecule has 2 aromatic carbocycles. The van der Waals surface area contributed by atoms with Crippen LogP contribution in [0.4, 0.5) is 11.5 Å². The van der Waals surface area contributed by atoms with Crippen LogP contribution in [-0.2, 0) is 4.79 Å². The maximum absolute atomic E-state index is 12.3. The Bertz CT molecular complexity index is 953. The summed E-state index contributed by atoms with van der Waals surface area (Å²) in [7, 11) is 1.71. The predicted molar refractivity (Wildman–Crippen MR) is 112 cm³/mol. The van der Waals surface area contributed by atoms with Crippen LogP contribution in [0.15, 0.2) is 60.8 Å². The fraction of sp³-hybridized carbons (Fsp3) is 0.273. The number of nitrogens with zero attached hydrogens (tertiary/aromatic N) is 3. The first-order chi connectivity index (χ1) is 13.7. The van der Waals surface area contributed by atoms with Gasteiger partial charge in [0.05, 0.1) is 19.3 Å². The Morgan fingerprint density at radius 1 is 1.04 bits per heavy atom. The molecule has 4 rings (SSSR count). The minimum atomic E-state index is -0.0325. The molecule has 1 amide bonds. The van der Waals surface area contributed by atoms with Crippen LogP contribution in [0, 0.1) is 0 Å². The zero-order chi connectivity index (χ0) is 19.3. The molecule has 1 aromatic heterocycles. The first-order valence-corrected chi connectivity index (χ1v) is 9.48. The van der Waals surface area contributed by atoms with Crippen LogP contribution < -0.4 is 15.0 Å². The average molecular weight is 376 g/mol. The van der Waals surface area contributed by atoms with Gasteiger partial charge in [-0.1, -0.05) is 36.4 Å². The molecule has 0 unspecified atom stereocenters. The largest absolute Gasteiger partial charge is 0.495 e. The molecule has 1 aliphatic rings. The topological polar surface area (TPSA) is 57.7 Å². The lowest BCUT2D eigenvalue weighted by molar-refractivity contribution is -0.117. The molecule has 1 N–H and O–H groups in total. The van der Waals surface area contributed by atoms with Gasteiger partial charge < -0.3 is 15.0 Å². The minimum Gasteiger partial charge on any atom is -0.495 e. The highest BCUT2D eigenvalue weighted by Gasteiger charge is 2.23. The van der Waals surface area contributed by atoms with E-state index in [2.05, 4.69) is 50.4 Å². The van der Waals surface area contributed by atoms with Crippen LogP contribution in [0.3, 0.4) is 0 Å². The Morgan fingerprint density at radius 3 is 2.57 bits per heavy atom. The SMILES string of the molecule is COc1ccc2ccccc2c1N1CCN(CC(=O)Nc2ccccn2)CC1. The zero-order valence-corrected chi connectivity index (χ0v) is 16.0. The standard InChI is InChI=1S/C22H24N4O2/c1-28-19-10-9-17-6-2-3-7-18(17)22(19)26-14-12-25(13-15-26)16-21(27)24-20-8-4-5-11-23-20/h2-11H,12-16H2,1H3,(H,23,24,27). The van der Waals surface area contributed by atoms with Gasteiger partial charge in [-0.25, -0.2) is 4.98 Å². The second-order valence-corrected chi connectivity index (χ2v) is 6.86. The summed E-state index contributed by atoms with van der Waals surface area (Å²) in [6, 6.07) is 18.0. The molecule has 1 aliphatic heterocycles. The summed E-state index contributed by atoms with van der Waals surface area (Å²) in [6.45, 7) is 3.71. The molecule has 3 aromatic rings.